The Hall–Kier alpha value is -1.62. The highest BCUT2D eigenvalue weighted by Crippen LogP contribution is 2.31. The number of rotatable bonds is 1. The van der Waals surface area contributed by atoms with E-state index in [1.54, 1.807) is 0 Å². The van der Waals surface area contributed by atoms with Crippen molar-refractivity contribution in [2.45, 2.75) is 44.9 Å². The molecule has 2 aromatic rings. The van der Waals surface area contributed by atoms with Gasteiger partial charge in [-0.05, 0) is 31.2 Å². The third-order valence-corrected chi connectivity index (χ3v) is 3.99. The number of fused-ring (bicyclic) bond motifs is 2. The number of nitrogens with zero attached hydrogens (tertiary/aromatic N) is 3. The van der Waals surface area contributed by atoms with Crippen molar-refractivity contribution in [2.75, 3.05) is 0 Å². The number of ether oxygens (including phenoxy) is 1. The van der Waals surface area contributed by atoms with E-state index in [-0.39, 0.29) is 6.10 Å². The Morgan fingerprint density at radius 2 is 2.28 bits per heavy atom. The largest absolute Gasteiger partial charge is 0.364 e. The summed E-state index contributed by atoms with van der Waals surface area (Å²) in [5.74, 6) is 0. The third-order valence-electron chi connectivity index (χ3n) is 3.99. The van der Waals surface area contributed by atoms with Crippen LogP contribution >= 0.6 is 0 Å². The Morgan fingerprint density at radius 1 is 1.33 bits per heavy atom. The number of hydrogen-bond donors (Lipinski definition) is 1. The standard InChI is InChI=1S/C13H16N4O/c1-2-4-11-10(3-1)13(16-15-11)12-6-17-8-14-5-9(17)7-18-12/h5,8,12H,1-4,6-7H2,(H,15,16). The number of imidazole rings is 1. The molecule has 0 bridgehead atoms. The van der Waals surface area contributed by atoms with Gasteiger partial charge in [-0.2, -0.15) is 5.10 Å². The second-order valence-corrected chi connectivity index (χ2v) is 5.11. The predicted octanol–water partition coefficient (Wildman–Crippen LogP) is 1.76. The molecule has 2 aromatic heterocycles. The van der Waals surface area contributed by atoms with E-state index in [1.807, 2.05) is 12.5 Å². The van der Waals surface area contributed by atoms with Crippen LogP contribution in [-0.2, 0) is 30.7 Å². The van der Waals surface area contributed by atoms with E-state index in [4.69, 9.17) is 4.74 Å². The first-order valence-corrected chi connectivity index (χ1v) is 6.58. The Kier molecular flexibility index (Phi) is 2.26. The van der Waals surface area contributed by atoms with Crippen LogP contribution < -0.4 is 0 Å². The topological polar surface area (TPSA) is 55.7 Å². The molecule has 1 aliphatic carbocycles. The van der Waals surface area contributed by atoms with Crippen LogP contribution in [-0.4, -0.2) is 19.7 Å². The van der Waals surface area contributed by atoms with Gasteiger partial charge in [-0.15, -0.1) is 0 Å². The predicted molar refractivity (Wildman–Crippen MR) is 65.0 cm³/mol. The molecule has 18 heavy (non-hydrogen) atoms. The number of aromatic amines is 1. The van der Waals surface area contributed by atoms with E-state index in [0.717, 1.165) is 30.8 Å². The molecule has 1 aliphatic heterocycles. The molecule has 1 atom stereocenters. The minimum atomic E-state index is 0.0739. The lowest BCUT2D eigenvalue weighted by Crippen LogP contribution is -2.21. The Bertz CT molecular complexity index is 571. The molecule has 94 valence electrons. The van der Waals surface area contributed by atoms with Crippen molar-refractivity contribution in [1.82, 2.24) is 19.7 Å². The molecule has 5 nitrogen and oxygen atoms in total. The fraction of sp³-hybridized carbons (Fsp3) is 0.538. The van der Waals surface area contributed by atoms with Gasteiger partial charge in [0.05, 0.1) is 37.1 Å². The summed E-state index contributed by atoms with van der Waals surface area (Å²) in [7, 11) is 0. The van der Waals surface area contributed by atoms with Crippen molar-refractivity contribution in [3.63, 3.8) is 0 Å². The SMILES string of the molecule is c1ncn2c1COC(c1n[nH]c3c1CCCC3)C2. The number of hydrogen-bond acceptors (Lipinski definition) is 3. The van der Waals surface area contributed by atoms with Crippen molar-refractivity contribution in [3.05, 3.63) is 35.2 Å². The zero-order chi connectivity index (χ0) is 11.9. The van der Waals surface area contributed by atoms with Gasteiger partial charge in [-0.1, -0.05) is 0 Å². The highest BCUT2D eigenvalue weighted by molar-refractivity contribution is 5.29. The van der Waals surface area contributed by atoms with E-state index in [2.05, 4.69) is 19.7 Å². The molecule has 5 heteroatoms. The Morgan fingerprint density at radius 3 is 3.28 bits per heavy atom. The van der Waals surface area contributed by atoms with Crippen LogP contribution in [0.2, 0.25) is 0 Å². The summed E-state index contributed by atoms with van der Waals surface area (Å²) in [6, 6.07) is 0. The van der Waals surface area contributed by atoms with Crippen molar-refractivity contribution < 1.29 is 4.74 Å². The molecular weight excluding hydrogens is 228 g/mol. The average molecular weight is 244 g/mol. The quantitative estimate of drug-likeness (QED) is 0.831. The fourth-order valence-electron chi connectivity index (χ4n) is 2.99. The van der Waals surface area contributed by atoms with E-state index in [9.17, 15) is 0 Å². The molecule has 0 spiro atoms. The van der Waals surface area contributed by atoms with Gasteiger partial charge in [0, 0.05) is 5.69 Å². The molecule has 1 unspecified atom stereocenters. The lowest BCUT2D eigenvalue weighted by Gasteiger charge is -2.24. The number of nitrogens with one attached hydrogen (secondary N) is 1. The zero-order valence-electron chi connectivity index (χ0n) is 10.2. The van der Waals surface area contributed by atoms with Gasteiger partial charge in [-0.3, -0.25) is 5.10 Å². The van der Waals surface area contributed by atoms with Crippen molar-refractivity contribution >= 4 is 0 Å². The lowest BCUT2D eigenvalue weighted by atomic mass is 9.94. The first kappa shape index (κ1) is 10.3. The number of aryl methyl sites for hydroxylation is 1. The molecular formula is C13H16N4O. The Labute approximate surface area is 105 Å². The first-order chi connectivity index (χ1) is 8.92. The van der Waals surface area contributed by atoms with Gasteiger partial charge in [0.15, 0.2) is 0 Å². The van der Waals surface area contributed by atoms with Crippen LogP contribution in [0, 0.1) is 0 Å². The monoisotopic (exact) mass is 244 g/mol. The van der Waals surface area contributed by atoms with Crippen LogP contribution in [0.5, 0.6) is 0 Å². The van der Waals surface area contributed by atoms with Gasteiger partial charge >= 0.3 is 0 Å². The average Bonchev–Trinajstić information content (AvgIpc) is 3.04. The molecule has 0 saturated carbocycles. The maximum atomic E-state index is 5.93. The van der Waals surface area contributed by atoms with Crippen molar-refractivity contribution in [2.24, 2.45) is 0 Å². The van der Waals surface area contributed by atoms with Gasteiger partial charge in [0.1, 0.15) is 6.10 Å². The van der Waals surface area contributed by atoms with Crippen LogP contribution in [0.15, 0.2) is 12.5 Å². The summed E-state index contributed by atoms with van der Waals surface area (Å²) in [4.78, 5) is 4.16. The van der Waals surface area contributed by atoms with Gasteiger partial charge in [0.2, 0.25) is 0 Å². The molecule has 0 saturated heterocycles. The maximum Gasteiger partial charge on any atom is 0.120 e. The van der Waals surface area contributed by atoms with Crippen molar-refractivity contribution in [1.29, 1.82) is 0 Å². The summed E-state index contributed by atoms with van der Waals surface area (Å²) in [5, 5.41) is 7.68. The second kappa shape index (κ2) is 3.95. The molecule has 0 fully saturated rings. The van der Waals surface area contributed by atoms with E-state index in [1.165, 1.54) is 24.1 Å². The van der Waals surface area contributed by atoms with Crippen LogP contribution in [0.3, 0.4) is 0 Å². The number of aromatic nitrogens is 4. The third kappa shape index (κ3) is 1.50. The van der Waals surface area contributed by atoms with E-state index < -0.39 is 0 Å². The minimum absolute atomic E-state index is 0.0739. The maximum absolute atomic E-state index is 5.93. The summed E-state index contributed by atoms with van der Waals surface area (Å²) in [5.41, 5.74) is 4.98. The molecule has 0 amide bonds. The summed E-state index contributed by atoms with van der Waals surface area (Å²) in [6.45, 7) is 1.46. The van der Waals surface area contributed by atoms with Crippen molar-refractivity contribution in [3.8, 4) is 0 Å². The van der Waals surface area contributed by atoms with E-state index in [0.29, 0.717) is 6.61 Å². The molecule has 4 rings (SSSR count). The second-order valence-electron chi connectivity index (χ2n) is 5.11. The van der Waals surface area contributed by atoms with Gasteiger partial charge in [0.25, 0.3) is 0 Å². The minimum Gasteiger partial charge on any atom is -0.364 e. The summed E-state index contributed by atoms with van der Waals surface area (Å²) < 4.78 is 8.09. The highest BCUT2D eigenvalue weighted by Gasteiger charge is 2.27. The lowest BCUT2D eigenvalue weighted by molar-refractivity contribution is -0.0000961. The number of H-pyrrole nitrogens is 1. The summed E-state index contributed by atoms with van der Waals surface area (Å²) in [6.07, 6.45) is 8.63. The van der Waals surface area contributed by atoms with Gasteiger partial charge in [-0.25, -0.2) is 4.98 Å². The fourth-order valence-corrected chi connectivity index (χ4v) is 2.99. The van der Waals surface area contributed by atoms with Crippen LogP contribution in [0.4, 0.5) is 0 Å². The molecule has 3 heterocycles. The van der Waals surface area contributed by atoms with E-state index >= 15 is 0 Å². The normalized spacial score (nSPS) is 22.6. The highest BCUT2D eigenvalue weighted by atomic mass is 16.5. The molecule has 1 N–H and O–H groups in total. The molecule has 2 aliphatic rings. The smallest absolute Gasteiger partial charge is 0.120 e. The molecule has 0 aromatic carbocycles. The van der Waals surface area contributed by atoms with Crippen LogP contribution in [0.25, 0.3) is 0 Å². The zero-order valence-corrected chi connectivity index (χ0v) is 10.2. The Balaban J connectivity index is 1.67. The molecule has 0 radical (unpaired) electrons. The first-order valence-electron chi connectivity index (χ1n) is 6.58. The van der Waals surface area contributed by atoms with Gasteiger partial charge < -0.3 is 9.30 Å². The summed E-state index contributed by atoms with van der Waals surface area (Å²) >= 11 is 0. The van der Waals surface area contributed by atoms with Crippen LogP contribution in [0.1, 0.15) is 41.6 Å².